The van der Waals surface area contributed by atoms with Crippen LogP contribution in [-0.2, 0) is 6.54 Å². The van der Waals surface area contributed by atoms with Gasteiger partial charge >= 0.3 is 0 Å². The molecule has 0 bridgehead atoms. The molecule has 1 fully saturated rings. The Morgan fingerprint density at radius 1 is 1.00 bits per heavy atom. The van der Waals surface area contributed by atoms with Crippen molar-refractivity contribution < 1.29 is 0 Å². The standard InChI is InChI=1S/C19H23N7/c1-24-8-10-25(11-9-24)19-22-13-16(14-23-19)12-21-17-2-4-18(5-3-17)26-7-6-20-15-26/h2-7,13-15,21H,8-12H2,1H3. The molecule has 0 spiro atoms. The predicted molar refractivity (Wildman–Crippen MR) is 103 cm³/mol. The Labute approximate surface area is 153 Å². The topological polar surface area (TPSA) is 62.1 Å². The zero-order valence-corrected chi connectivity index (χ0v) is 14.9. The molecule has 0 atom stereocenters. The summed E-state index contributed by atoms with van der Waals surface area (Å²) in [5.41, 5.74) is 3.23. The maximum absolute atomic E-state index is 4.53. The lowest BCUT2D eigenvalue weighted by molar-refractivity contribution is 0.311. The number of rotatable bonds is 5. The molecule has 3 heterocycles. The SMILES string of the molecule is CN1CCN(c2ncc(CNc3ccc(-n4ccnc4)cc3)cn2)CC1. The van der Waals surface area contributed by atoms with Crippen LogP contribution in [0.5, 0.6) is 0 Å². The number of aromatic nitrogens is 4. The summed E-state index contributed by atoms with van der Waals surface area (Å²) in [4.78, 5) is 17.7. The van der Waals surface area contributed by atoms with E-state index in [-0.39, 0.29) is 0 Å². The second kappa shape index (κ2) is 7.53. The molecule has 1 N–H and O–H groups in total. The highest BCUT2D eigenvalue weighted by Crippen LogP contribution is 2.15. The minimum Gasteiger partial charge on any atom is -0.381 e. The fraction of sp³-hybridized carbons (Fsp3) is 0.316. The molecule has 0 amide bonds. The molecule has 0 aliphatic carbocycles. The highest BCUT2D eigenvalue weighted by atomic mass is 15.3. The Morgan fingerprint density at radius 2 is 1.73 bits per heavy atom. The van der Waals surface area contributed by atoms with Gasteiger partial charge in [0.15, 0.2) is 0 Å². The van der Waals surface area contributed by atoms with Gasteiger partial charge in [0.1, 0.15) is 0 Å². The molecular weight excluding hydrogens is 326 g/mol. The molecule has 1 aromatic carbocycles. The number of likely N-dealkylation sites (N-methyl/N-ethyl adjacent to an activating group) is 1. The minimum atomic E-state index is 0.702. The Balaban J connectivity index is 1.33. The van der Waals surface area contributed by atoms with Crippen LogP contribution in [0.1, 0.15) is 5.56 Å². The maximum Gasteiger partial charge on any atom is 0.225 e. The van der Waals surface area contributed by atoms with Gasteiger partial charge in [-0.25, -0.2) is 15.0 Å². The van der Waals surface area contributed by atoms with E-state index >= 15 is 0 Å². The summed E-state index contributed by atoms with van der Waals surface area (Å²) in [5.74, 6) is 0.825. The summed E-state index contributed by atoms with van der Waals surface area (Å²) in [7, 11) is 2.15. The van der Waals surface area contributed by atoms with Gasteiger partial charge in [0.05, 0.1) is 6.33 Å². The smallest absolute Gasteiger partial charge is 0.225 e. The van der Waals surface area contributed by atoms with E-state index in [9.17, 15) is 0 Å². The summed E-state index contributed by atoms with van der Waals surface area (Å²) in [5, 5.41) is 3.41. The van der Waals surface area contributed by atoms with E-state index in [4.69, 9.17) is 0 Å². The average molecular weight is 349 g/mol. The lowest BCUT2D eigenvalue weighted by atomic mass is 10.2. The fourth-order valence-corrected chi connectivity index (χ4v) is 2.98. The van der Waals surface area contributed by atoms with Crippen LogP contribution in [0.15, 0.2) is 55.4 Å². The highest BCUT2D eigenvalue weighted by molar-refractivity contribution is 5.49. The molecule has 1 aliphatic heterocycles. The molecule has 134 valence electrons. The summed E-state index contributed by atoms with van der Waals surface area (Å²) < 4.78 is 1.98. The van der Waals surface area contributed by atoms with Crippen molar-refractivity contribution >= 4 is 11.6 Å². The fourth-order valence-electron chi connectivity index (χ4n) is 2.98. The second-order valence-corrected chi connectivity index (χ2v) is 6.55. The van der Waals surface area contributed by atoms with Gasteiger partial charge in [0.2, 0.25) is 5.95 Å². The van der Waals surface area contributed by atoms with Crippen LogP contribution < -0.4 is 10.2 Å². The molecule has 0 saturated carbocycles. The van der Waals surface area contributed by atoms with Crippen molar-refractivity contribution in [2.45, 2.75) is 6.54 Å². The van der Waals surface area contributed by atoms with Gasteiger partial charge in [-0.05, 0) is 31.3 Å². The Kier molecular flexibility index (Phi) is 4.79. The maximum atomic E-state index is 4.53. The van der Waals surface area contributed by atoms with Crippen LogP contribution in [0.3, 0.4) is 0 Å². The largest absolute Gasteiger partial charge is 0.381 e. The quantitative estimate of drug-likeness (QED) is 0.760. The highest BCUT2D eigenvalue weighted by Gasteiger charge is 2.15. The van der Waals surface area contributed by atoms with Crippen molar-refractivity contribution in [3.63, 3.8) is 0 Å². The van der Waals surface area contributed by atoms with E-state index in [1.54, 1.807) is 12.5 Å². The van der Waals surface area contributed by atoms with Crippen molar-refractivity contribution in [3.05, 3.63) is 60.9 Å². The molecule has 3 aromatic rings. The molecule has 2 aromatic heterocycles. The van der Waals surface area contributed by atoms with Gasteiger partial charge < -0.3 is 19.7 Å². The number of nitrogens with one attached hydrogen (secondary N) is 1. The van der Waals surface area contributed by atoms with Crippen LogP contribution >= 0.6 is 0 Å². The van der Waals surface area contributed by atoms with Crippen LogP contribution in [0.4, 0.5) is 11.6 Å². The van der Waals surface area contributed by atoms with Crippen molar-refractivity contribution in [3.8, 4) is 5.69 Å². The Hall–Kier alpha value is -2.93. The third-order valence-corrected chi connectivity index (χ3v) is 4.64. The number of hydrogen-bond acceptors (Lipinski definition) is 6. The summed E-state index contributed by atoms with van der Waals surface area (Å²) in [6, 6.07) is 8.26. The number of benzene rings is 1. The molecule has 0 unspecified atom stereocenters. The van der Waals surface area contributed by atoms with Gasteiger partial charge in [-0.15, -0.1) is 0 Å². The first-order valence-electron chi connectivity index (χ1n) is 8.84. The molecule has 1 aliphatic rings. The normalized spacial score (nSPS) is 15.2. The monoisotopic (exact) mass is 349 g/mol. The minimum absolute atomic E-state index is 0.702. The first-order valence-corrected chi connectivity index (χ1v) is 8.84. The summed E-state index contributed by atoms with van der Waals surface area (Å²) >= 11 is 0. The number of anilines is 2. The van der Waals surface area contributed by atoms with Gasteiger partial charge in [0, 0.05) is 74.4 Å². The Bertz CT molecular complexity index is 804. The zero-order chi connectivity index (χ0) is 17.8. The first-order chi connectivity index (χ1) is 12.8. The lowest BCUT2D eigenvalue weighted by Gasteiger charge is -2.32. The van der Waals surface area contributed by atoms with Crippen molar-refractivity contribution in [2.75, 3.05) is 43.4 Å². The van der Waals surface area contributed by atoms with Gasteiger partial charge in [0.25, 0.3) is 0 Å². The van der Waals surface area contributed by atoms with Gasteiger partial charge in [-0.1, -0.05) is 0 Å². The van der Waals surface area contributed by atoms with E-state index in [0.717, 1.165) is 49.1 Å². The first kappa shape index (κ1) is 16.5. The van der Waals surface area contributed by atoms with Gasteiger partial charge in [-0.2, -0.15) is 0 Å². The molecule has 1 saturated heterocycles. The average Bonchev–Trinajstić information content (AvgIpc) is 3.23. The van der Waals surface area contributed by atoms with E-state index in [0.29, 0.717) is 6.54 Å². The summed E-state index contributed by atoms with van der Waals surface area (Å²) in [6.45, 7) is 4.78. The van der Waals surface area contributed by atoms with E-state index in [1.807, 2.05) is 23.2 Å². The third-order valence-electron chi connectivity index (χ3n) is 4.64. The van der Waals surface area contributed by atoms with Crippen molar-refractivity contribution in [1.82, 2.24) is 24.4 Å². The van der Waals surface area contributed by atoms with E-state index in [2.05, 4.69) is 61.4 Å². The second-order valence-electron chi connectivity index (χ2n) is 6.55. The van der Waals surface area contributed by atoms with Gasteiger partial charge in [-0.3, -0.25) is 0 Å². The van der Waals surface area contributed by atoms with E-state index < -0.39 is 0 Å². The van der Waals surface area contributed by atoms with Crippen LogP contribution in [-0.4, -0.2) is 57.6 Å². The van der Waals surface area contributed by atoms with Crippen LogP contribution in [0, 0.1) is 0 Å². The zero-order valence-electron chi connectivity index (χ0n) is 14.9. The Morgan fingerprint density at radius 3 is 2.38 bits per heavy atom. The molecule has 0 radical (unpaired) electrons. The van der Waals surface area contributed by atoms with Crippen LogP contribution in [0.25, 0.3) is 5.69 Å². The predicted octanol–water partition coefficient (Wildman–Crippen LogP) is 2.03. The molecule has 7 heteroatoms. The molecule has 7 nitrogen and oxygen atoms in total. The lowest BCUT2D eigenvalue weighted by Crippen LogP contribution is -2.45. The number of hydrogen-bond donors (Lipinski definition) is 1. The van der Waals surface area contributed by atoms with E-state index in [1.165, 1.54) is 0 Å². The third kappa shape index (κ3) is 3.83. The molecular formula is C19H23N7. The van der Waals surface area contributed by atoms with Crippen molar-refractivity contribution in [2.24, 2.45) is 0 Å². The molecule has 4 rings (SSSR count). The molecule has 26 heavy (non-hydrogen) atoms. The summed E-state index contributed by atoms with van der Waals surface area (Å²) in [6.07, 6.45) is 9.32. The van der Waals surface area contributed by atoms with Crippen molar-refractivity contribution in [1.29, 1.82) is 0 Å². The number of nitrogens with zero attached hydrogens (tertiary/aromatic N) is 6. The number of imidazole rings is 1. The van der Waals surface area contributed by atoms with Crippen LogP contribution in [0.2, 0.25) is 0 Å². The number of piperazine rings is 1.